The second-order valence-corrected chi connectivity index (χ2v) is 5.12. The van der Waals surface area contributed by atoms with Gasteiger partial charge in [0, 0.05) is 35.8 Å². The van der Waals surface area contributed by atoms with Crippen molar-refractivity contribution in [2.75, 3.05) is 12.4 Å². The lowest BCUT2D eigenvalue weighted by molar-refractivity contribution is 0.492. The highest BCUT2D eigenvalue weighted by molar-refractivity contribution is 5.98. The van der Waals surface area contributed by atoms with Crippen LogP contribution in [0.3, 0.4) is 0 Å². The van der Waals surface area contributed by atoms with E-state index in [0.29, 0.717) is 22.7 Å². The summed E-state index contributed by atoms with van der Waals surface area (Å²) < 4.78 is 6.06. The van der Waals surface area contributed by atoms with Crippen molar-refractivity contribution in [3.05, 3.63) is 59.1 Å². The first kappa shape index (κ1) is 13.4. The van der Waals surface area contributed by atoms with Crippen LogP contribution < -0.4 is 15.7 Å². The Labute approximate surface area is 131 Å². The number of H-pyrrole nitrogens is 2. The number of aromatic amines is 2. The van der Waals surface area contributed by atoms with Gasteiger partial charge in [0.1, 0.15) is 11.3 Å². The van der Waals surface area contributed by atoms with Gasteiger partial charge in [0.25, 0.3) is 0 Å². The Morgan fingerprint density at radius 3 is 2.65 bits per heavy atom. The molecule has 2 aromatic heterocycles. The largest absolute Gasteiger partial charge is 0.454 e. The molecular formula is C17H14N4O2. The van der Waals surface area contributed by atoms with Crippen molar-refractivity contribution >= 4 is 27.6 Å². The van der Waals surface area contributed by atoms with Crippen LogP contribution in [-0.4, -0.2) is 22.0 Å². The predicted octanol–water partition coefficient (Wildman–Crippen LogP) is 3.24. The molecule has 0 saturated heterocycles. The van der Waals surface area contributed by atoms with Crippen LogP contribution in [0.4, 0.5) is 5.69 Å². The topological polar surface area (TPSA) is 82.8 Å². The Balaban J connectivity index is 1.88. The first-order chi connectivity index (χ1) is 11.3. The number of pyridine rings is 1. The molecule has 4 aromatic rings. The minimum atomic E-state index is -0.307. The highest BCUT2D eigenvalue weighted by Gasteiger charge is 2.11. The molecule has 0 aliphatic heterocycles. The van der Waals surface area contributed by atoms with Crippen LogP contribution in [0.5, 0.6) is 11.5 Å². The summed E-state index contributed by atoms with van der Waals surface area (Å²) in [6.07, 6.45) is 1.60. The standard InChI is InChI=1S/C17H14N4O2/c1-18-12-6-7-13(11-5-3-2-4-10(11)12)23-14-8-9-19-16-15(14)20-17(22)21-16/h2-9,18H,1H3,(H2,19,20,21,22). The third-order valence-corrected chi connectivity index (χ3v) is 3.76. The highest BCUT2D eigenvalue weighted by Crippen LogP contribution is 2.35. The van der Waals surface area contributed by atoms with E-state index in [-0.39, 0.29) is 5.69 Å². The van der Waals surface area contributed by atoms with E-state index >= 15 is 0 Å². The van der Waals surface area contributed by atoms with Crippen LogP contribution >= 0.6 is 0 Å². The van der Waals surface area contributed by atoms with Crippen LogP contribution in [0.25, 0.3) is 21.9 Å². The van der Waals surface area contributed by atoms with Gasteiger partial charge in [0.15, 0.2) is 11.4 Å². The third kappa shape index (κ3) is 2.20. The van der Waals surface area contributed by atoms with Gasteiger partial charge in [-0.2, -0.15) is 0 Å². The lowest BCUT2D eigenvalue weighted by Gasteiger charge is -2.12. The van der Waals surface area contributed by atoms with E-state index in [1.807, 2.05) is 43.4 Å². The number of aromatic nitrogens is 3. The lowest BCUT2D eigenvalue weighted by atomic mass is 10.1. The van der Waals surface area contributed by atoms with Crippen molar-refractivity contribution in [3.8, 4) is 11.5 Å². The second-order valence-electron chi connectivity index (χ2n) is 5.12. The fourth-order valence-electron chi connectivity index (χ4n) is 2.69. The number of nitrogens with zero attached hydrogens (tertiary/aromatic N) is 1. The molecule has 6 heteroatoms. The Morgan fingerprint density at radius 2 is 1.83 bits per heavy atom. The molecule has 0 unspecified atom stereocenters. The monoisotopic (exact) mass is 306 g/mol. The zero-order valence-corrected chi connectivity index (χ0v) is 12.4. The van der Waals surface area contributed by atoms with Gasteiger partial charge in [-0.25, -0.2) is 9.78 Å². The predicted molar refractivity (Wildman–Crippen MR) is 90.3 cm³/mol. The molecule has 0 amide bonds. The van der Waals surface area contributed by atoms with Crippen LogP contribution in [0, 0.1) is 0 Å². The van der Waals surface area contributed by atoms with Crippen molar-refractivity contribution in [3.63, 3.8) is 0 Å². The number of anilines is 1. The summed E-state index contributed by atoms with van der Waals surface area (Å²) in [6, 6.07) is 13.6. The molecule has 0 atom stereocenters. The zero-order chi connectivity index (χ0) is 15.8. The molecule has 0 saturated carbocycles. The fourth-order valence-corrected chi connectivity index (χ4v) is 2.69. The first-order valence-electron chi connectivity index (χ1n) is 7.20. The molecule has 0 spiro atoms. The van der Waals surface area contributed by atoms with E-state index in [1.54, 1.807) is 12.3 Å². The van der Waals surface area contributed by atoms with Crippen molar-refractivity contribution < 1.29 is 4.74 Å². The smallest absolute Gasteiger partial charge is 0.325 e. The number of ether oxygens (including phenoxy) is 1. The molecule has 23 heavy (non-hydrogen) atoms. The fraction of sp³-hybridized carbons (Fsp3) is 0.0588. The molecule has 0 radical (unpaired) electrons. The summed E-state index contributed by atoms with van der Waals surface area (Å²) in [5.41, 5.74) is 1.75. The minimum absolute atomic E-state index is 0.307. The summed E-state index contributed by atoms with van der Waals surface area (Å²) in [7, 11) is 1.89. The van der Waals surface area contributed by atoms with Gasteiger partial charge in [0.2, 0.25) is 0 Å². The van der Waals surface area contributed by atoms with E-state index in [0.717, 1.165) is 16.5 Å². The maximum absolute atomic E-state index is 11.5. The van der Waals surface area contributed by atoms with Crippen molar-refractivity contribution in [1.82, 2.24) is 15.0 Å². The maximum atomic E-state index is 11.5. The molecule has 2 heterocycles. The lowest BCUT2D eigenvalue weighted by Crippen LogP contribution is -1.99. The van der Waals surface area contributed by atoms with Crippen molar-refractivity contribution in [1.29, 1.82) is 0 Å². The van der Waals surface area contributed by atoms with Gasteiger partial charge in [0.05, 0.1) is 0 Å². The molecule has 0 fully saturated rings. The molecule has 2 aromatic carbocycles. The Hall–Kier alpha value is -3.28. The maximum Gasteiger partial charge on any atom is 0.325 e. The number of hydrogen-bond acceptors (Lipinski definition) is 4. The number of hydrogen-bond donors (Lipinski definition) is 3. The van der Waals surface area contributed by atoms with Crippen LogP contribution in [0.2, 0.25) is 0 Å². The molecule has 0 aliphatic carbocycles. The van der Waals surface area contributed by atoms with Gasteiger partial charge in [-0.3, -0.25) is 4.98 Å². The summed E-state index contributed by atoms with van der Waals surface area (Å²) >= 11 is 0. The van der Waals surface area contributed by atoms with E-state index in [4.69, 9.17) is 4.74 Å². The third-order valence-electron chi connectivity index (χ3n) is 3.76. The molecule has 6 nitrogen and oxygen atoms in total. The minimum Gasteiger partial charge on any atom is -0.454 e. The van der Waals surface area contributed by atoms with Crippen molar-refractivity contribution in [2.45, 2.75) is 0 Å². The second kappa shape index (κ2) is 5.17. The summed E-state index contributed by atoms with van der Waals surface area (Å²) in [4.78, 5) is 20.9. The quantitative estimate of drug-likeness (QED) is 0.542. The molecular weight excluding hydrogens is 292 g/mol. The summed E-state index contributed by atoms with van der Waals surface area (Å²) in [5, 5.41) is 5.23. The summed E-state index contributed by atoms with van der Waals surface area (Å²) in [6.45, 7) is 0. The molecule has 3 N–H and O–H groups in total. The molecule has 4 rings (SSSR count). The van der Waals surface area contributed by atoms with Gasteiger partial charge in [-0.15, -0.1) is 0 Å². The van der Waals surface area contributed by atoms with E-state index in [2.05, 4.69) is 20.3 Å². The number of rotatable bonds is 3. The SMILES string of the molecule is CNc1ccc(Oc2ccnc3[nH]c(=O)[nH]c23)c2ccccc12. The van der Waals surface area contributed by atoms with E-state index in [9.17, 15) is 4.79 Å². The van der Waals surface area contributed by atoms with Gasteiger partial charge < -0.3 is 15.0 Å². The van der Waals surface area contributed by atoms with E-state index < -0.39 is 0 Å². The van der Waals surface area contributed by atoms with Crippen LogP contribution in [0.1, 0.15) is 0 Å². The normalized spacial score (nSPS) is 11.0. The molecule has 0 bridgehead atoms. The number of benzene rings is 2. The molecule has 0 aliphatic rings. The van der Waals surface area contributed by atoms with Crippen molar-refractivity contribution in [2.24, 2.45) is 0 Å². The first-order valence-corrected chi connectivity index (χ1v) is 7.20. The zero-order valence-electron chi connectivity index (χ0n) is 12.4. The van der Waals surface area contributed by atoms with Crippen LogP contribution in [-0.2, 0) is 0 Å². The van der Waals surface area contributed by atoms with Gasteiger partial charge >= 0.3 is 5.69 Å². The number of fused-ring (bicyclic) bond motifs is 2. The van der Waals surface area contributed by atoms with E-state index in [1.165, 1.54) is 0 Å². The Bertz CT molecular complexity index is 1070. The summed E-state index contributed by atoms with van der Waals surface area (Å²) in [5.74, 6) is 1.27. The Morgan fingerprint density at radius 1 is 1.00 bits per heavy atom. The highest BCUT2D eigenvalue weighted by atomic mass is 16.5. The average Bonchev–Trinajstić information content (AvgIpc) is 2.96. The van der Waals surface area contributed by atoms with Gasteiger partial charge in [-0.1, -0.05) is 24.3 Å². The van der Waals surface area contributed by atoms with Crippen LogP contribution in [0.15, 0.2) is 53.5 Å². The average molecular weight is 306 g/mol. The number of imidazole rings is 1. The van der Waals surface area contributed by atoms with Gasteiger partial charge in [-0.05, 0) is 12.1 Å². The molecule has 114 valence electrons. The Kier molecular flexibility index (Phi) is 3.01. The number of nitrogens with one attached hydrogen (secondary N) is 3.